The summed E-state index contributed by atoms with van der Waals surface area (Å²) in [6.07, 6.45) is -0.508. The van der Waals surface area contributed by atoms with Crippen LogP contribution in [0.1, 0.15) is 31.9 Å². The van der Waals surface area contributed by atoms with E-state index in [-0.39, 0.29) is 5.92 Å². The summed E-state index contributed by atoms with van der Waals surface area (Å²) in [5.74, 6) is 0.00727. The Kier molecular flexibility index (Phi) is 6.19. The maximum Gasteiger partial charge on any atom is 0.0816 e. The lowest BCUT2D eigenvalue weighted by atomic mass is 9.92. The smallest absolute Gasteiger partial charge is 0.0816 e. The average Bonchev–Trinajstić information content (AvgIpc) is 2.36. The van der Waals surface area contributed by atoms with E-state index in [1.54, 1.807) is 0 Å². The maximum atomic E-state index is 10.1. The minimum absolute atomic E-state index is 0.00727. The molecule has 3 atom stereocenters. The second-order valence-corrected chi connectivity index (χ2v) is 4.38. The average molecular weight is 238 g/mol. The van der Waals surface area contributed by atoms with Crippen molar-refractivity contribution in [3.63, 3.8) is 0 Å². The van der Waals surface area contributed by atoms with Gasteiger partial charge in [-0.25, -0.2) is 0 Å². The van der Waals surface area contributed by atoms with Crippen molar-refractivity contribution in [1.29, 1.82) is 0 Å². The van der Waals surface area contributed by atoms with E-state index >= 15 is 0 Å². The molecule has 0 saturated carbocycles. The number of hydrogen-bond acceptors (Lipinski definition) is 3. The van der Waals surface area contributed by atoms with Gasteiger partial charge in [0.15, 0.2) is 0 Å². The summed E-state index contributed by atoms with van der Waals surface area (Å²) < 4.78 is 5.15. The zero-order chi connectivity index (χ0) is 12.7. The van der Waals surface area contributed by atoms with E-state index in [4.69, 9.17) is 4.74 Å². The molecule has 96 valence electrons. The van der Waals surface area contributed by atoms with Gasteiger partial charge in [-0.1, -0.05) is 37.3 Å². The van der Waals surface area contributed by atoms with E-state index in [0.717, 1.165) is 5.56 Å². The van der Waals surface area contributed by atoms with Crippen LogP contribution in [0.4, 0.5) is 0 Å². The molecular weight excluding hydrogens is 216 g/mol. The standard InChI is InChI=1S/C14H22O3/c1-3-17-10-13(15)9-11(2)14(16)12-7-5-4-6-8-12/h4-8,11,13-16H,3,9-10H2,1-2H3. The number of aliphatic hydroxyl groups is 2. The van der Waals surface area contributed by atoms with Crippen molar-refractivity contribution >= 4 is 0 Å². The van der Waals surface area contributed by atoms with Gasteiger partial charge in [-0.15, -0.1) is 0 Å². The van der Waals surface area contributed by atoms with E-state index < -0.39 is 12.2 Å². The largest absolute Gasteiger partial charge is 0.391 e. The van der Waals surface area contributed by atoms with Crippen molar-refractivity contribution in [2.45, 2.75) is 32.5 Å². The predicted molar refractivity (Wildman–Crippen MR) is 67.7 cm³/mol. The van der Waals surface area contributed by atoms with E-state index in [1.165, 1.54) is 0 Å². The van der Waals surface area contributed by atoms with Crippen LogP contribution in [0.2, 0.25) is 0 Å². The van der Waals surface area contributed by atoms with Gasteiger partial charge in [0.1, 0.15) is 0 Å². The van der Waals surface area contributed by atoms with E-state index in [9.17, 15) is 10.2 Å². The SMILES string of the molecule is CCOCC(O)CC(C)C(O)c1ccccc1. The normalized spacial score (nSPS) is 16.5. The van der Waals surface area contributed by atoms with Gasteiger partial charge in [0.25, 0.3) is 0 Å². The molecule has 0 fully saturated rings. The zero-order valence-electron chi connectivity index (χ0n) is 10.5. The van der Waals surface area contributed by atoms with E-state index in [2.05, 4.69) is 0 Å². The monoisotopic (exact) mass is 238 g/mol. The highest BCUT2D eigenvalue weighted by atomic mass is 16.5. The third-order valence-electron chi connectivity index (χ3n) is 2.84. The Labute approximate surface area is 103 Å². The van der Waals surface area contributed by atoms with E-state index in [1.807, 2.05) is 44.2 Å². The molecule has 1 aromatic carbocycles. The first kappa shape index (κ1) is 14.2. The van der Waals surface area contributed by atoms with Crippen LogP contribution in [-0.2, 0) is 4.74 Å². The van der Waals surface area contributed by atoms with Gasteiger partial charge in [-0.05, 0) is 24.8 Å². The minimum atomic E-state index is -0.535. The number of benzene rings is 1. The fourth-order valence-electron chi connectivity index (χ4n) is 1.86. The summed E-state index contributed by atoms with van der Waals surface area (Å²) >= 11 is 0. The number of rotatable bonds is 7. The molecule has 0 spiro atoms. The molecule has 1 aromatic rings. The highest BCUT2D eigenvalue weighted by Gasteiger charge is 2.19. The van der Waals surface area contributed by atoms with Gasteiger partial charge in [0.05, 0.1) is 18.8 Å². The van der Waals surface area contributed by atoms with Crippen LogP contribution in [0.15, 0.2) is 30.3 Å². The lowest BCUT2D eigenvalue weighted by Crippen LogP contribution is -2.21. The van der Waals surface area contributed by atoms with E-state index in [0.29, 0.717) is 19.6 Å². The van der Waals surface area contributed by atoms with Crippen molar-refractivity contribution < 1.29 is 14.9 Å². The Bertz CT molecular complexity index is 300. The van der Waals surface area contributed by atoms with Crippen LogP contribution in [0.25, 0.3) is 0 Å². The van der Waals surface area contributed by atoms with Crippen LogP contribution >= 0.6 is 0 Å². The molecule has 3 unspecified atom stereocenters. The van der Waals surface area contributed by atoms with Crippen molar-refractivity contribution in [3.05, 3.63) is 35.9 Å². The first-order valence-corrected chi connectivity index (χ1v) is 6.14. The molecule has 0 radical (unpaired) electrons. The molecule has 0 aliphatic carbocycles. The van der Waals surface area contributed by atoms with Gasteiger partial charge in [0, 0.05) is 6.61 Å². The first-order chi connectivity index (χ1) is 8.15. The quantitative estimate of drug-likeness (QED) is 0.765. The zero-order valence-corrected chi connectivity index (χ0v) is 10.5. The molecule has 3 heteroatoms. The molecule has 2 N–H and O–H groups in total. The fourth-order valence-corrected chi connectivity index (χ4v) is 1.86. The highest BCUT2D eigenvalue weighted by molar-refractivity contribution is 5.17. The number of aliphatic hydroxyl groups excluding tert-OH is 2. The van der Waals surface area contributed by atoms with Crippen LogP contribution in [0.3, 0.4) is 0 Å². The second-order valence-electron chi connectivity index (χ2n) is 4.38. The van der Waals surface area contributed by atoms with Gasteiger partial charge in [0.2, 0.25) is 0 Å². The maximum absolute atomic E-state index is 10.1. The molecule has 0 saturated heterocycles. The third kappa shape index (κ3) is 4.86. The molecule has 0 heterocycles. The van der Waals surface area contributed by atoms with Crippen LogP contribution < -0.4 is 0 Å². The van der Waals surface area contributed by atoms with Crippen molar-refractivity contribution in [1.82, 2.24) is 0 Å². The van der Waals surface area contributed by atoms with Crippen molar-refractivity contribution in [3.8, 4) is 0 Å². The Morgan fingerprint density at radius 3 is 2.41 bits per heavy atom. The van der Waals surface area contributed by atoms with Crippen LogP contribution in [-0.4, -0.2) is 29.5 Å². The predicted octanol–water partition coefficient (Wildman–Crippen LogP) is 2.14. The molecule has 0 aliphatic heterocycles. The summed E-state index contributed by atoms with van der Waals surface area (Å²) in [4.78, 5) is 0. The summed E-state index contributed by atoms with van der Waals surface area (Å²) in [5.41, 5.74) is 0.892. The molecule has 3 nitrogen and oxygen atoms in total. The Morgan fingerprint density at radius 2 is 1.82 bits per heavy atom. The summed E-state index contributed by atoms with van der Waals surface area (Å²) in [6.45, 7) is 4.77. The van der Waals surface area contributed by atoms with Crippen molar-refractivity contribution in [2.75, 3.05) is 13.2 Å². The van der Waals surface area contributed by atoms with Gasteiger partial charge in [-0.2, -0.15) is 0 Å². The molecule has 0 aliphatic rings. The second kappa shape index (κ2) is 7.43. The van der Waals surface area contributed by atoms with Crippen molar-refractivity contribution in [2.24, 2.45) is 5.92 Å². The molecule has 17 heavy (non-hydrogen) atoms. The number of hydrogen-bond donors (Lipinski definition) is 2. The molecule has 0 bridgehead atoms. The Morgan fingerprint density at radius 1 is 1.18 bits per heavy atom. The summed E-state index contributed by atoms with van der Waals surface area (Å²) in [7, 11) is 0. The number of ether oxygens (including phenoxy) is 1. The minimum Gasteiger partial charge on any atom is -0.391 e. The van der Waals surface area contributed by atoms with Gasteiger partial charge >= 0.3 is 0 Å². The molecule has 0 aromatic heterocycles. The Hall–Kier alpha value is -0.900. The molecule has 0 amide bonds. The fraction of sp³-hybridized carbons (Fsp3) is 0.571. The lowest BCUT2D eigenvalue weighted by Gasteiger charge is -2.21. The molecule has 1 rings (SSSR count). The third-order valence-corrected chi connectivity index (χ3v) is 2.84. The lowest BCUT2D eigenvalue weighted by molar-refractivity contribution is 0.0115. The highest BCUT2D eigenvalue weighted by Crippen LogP contribution is 2.25. The Balaban J connectivity index is 2.44. The van der Waals surface area contributed by atoms with Crippen LogP contribution in [0.5, 0.6) is 0 Å². The van der Waals surface area contributed by atoms with Crippen LogP contribution in [0, 0.1) is 5.92 Å². The van der Waals surface area contributed by atoms with Gasteiger partial charge in [-0.3, -0.25) is 0 Å². The first-order valence-electron chi connectivity index (χ1n) is 6.14. The molecular formula is C14H22O3. The summed E-state index contributed by atoms with van der Waals surface area (Å²) in [6, 6.07) is 9.53. The summed E-state index contributed by atoms with van der Waals surface area (Å²) in [5, 5.41) is 19.8. The topological polar surface area (TPSA) is 49.7 Å². The van der Waals surface area contributed by atoms with Gasteiger partial charge < -0.3 is 14.9 Å².